The van der Waals surface area contributed by atoms with Crippen molar-refractivity contribution in [1.29, 1.82) is 0 Å². The van der Waals surface area contributed by atoms with E-state index in [1.165, 1.54) is 5.56 Å². The van der Waals surface area contributed by atoms with Gasteiger partial charge in [0.2, 0.25) is 0 Å². The van der Waals surface area contributed by atoms with Crippen LogP contribution in [-0.2, 0) is 6.54 Å². The lowest BCUT2D eigenvalue weighted by molar-refractivity contribution is 0.154. The first-order chi connectivity index (χ1) is 15.1. The second-order valence-corrected chi connectivity index (χ2v) is 8.90. The normalized spacial score (nSPS) is 16.3. The number of aliphatic hydroxyl groups is 1. The van der Waals surface area contributed by atoms with Crippen molar-refractivity contribution in [1.82, 2.24) is 9.88 Å². The number of halogens is 2. The van der Waals surface area contributed by atoms with Gasteiger partial charge >= 0.3 is 0 Å². The maximum absolute atomic E-state index is 10.7. The number of hydrogen-bond acceptors (Lipinski definition) is 3. The molecule has 0 saturated heterocycles. The number of nitrogens with one attached hydrogen (secondary N) is 1. The summed E-state index contributed by atoms with van der Waals surface area (Å²) in [5, 5.41) is 17.6. The Kier molecular flexibility index (Phi) is 5.72. The van der Waals surface area contributed by atoms with Crippen LogP contribution < -0.4 is 5.32 Å². The Morgan fingerprint density at radius 1 is 0.968 bits per heavy atom. The van der Waals surface area contributed by atoms with E-state index in [0.717, 1.165) is 40.5 Å². The lowest BCUT2D eigenvalue weighted by Gasteiger charge is -2.16. The number of rotatable bonds is 7. The molecule has 3 aromatic carbocycles. The minimum Gasteiger partial charge on any atom is -0.390 e. The Hall–Kier alpha value is -2.37. The van der Waals surface area contributed by atoms with E-state index in [0.29, 0.717) is 29.1 Å². The molecule has 158 valence electrons. The summed E-state index contributed by atoms with van der Waals surface area (Å²) < 4.78 is 2.14. The van der Waals surface area contributed by atoms with E-state index in [1.54, 1.807) is 0 Å². The summed E-state index contributed by atoms with van der Waals surface area (Å²) in [6.07, 6.45) is 2.46. The Morgan fingerprint density at radius 3 is 2.35 bits per heavy atom. The number of benzene rings is 3. The average Bonchev–Trinajstić information content (AvgIpc) is 3.30. The van der Waals surface area contributed by atoms with Gasteiger partial charge in [-0.2, -0.15) is 0 Å². The number of para-hydroxylation sites is 1. The van der Waals surface area contributed by atoms with Crippen LogP contribution in [-0.4, -0.2) is 35.1 Å². The lowest BCUT2D eigenvalue weighted by atomic mass is 9.98. The van der Waals surface area contributed by atoms with E-state index in [4.69, 9.17) is 23.2 Å². The number of nitrogens with zero attached hydrogens (tertiary/aromatic N) is 2. The summed E-state index contributed by atoms with van der Waals surface area (Å²) in [6, 6.07) is 19.9. The van der Waals surface area contributed by atoms with Gasteiger partial charge in [-0.3, -0.25) is 4.99 Å². The third-order valence-corrected chi connectivity index (χ3v) is 6.39. The molecule has 2 atom stereocenters. The van der Waals surface area contributed by atoms with Crippen molar-refractivity contribution in [3.63, 3.8) is 0 Å². The molecule has 6 heteroatoms. The summed E-state index contributed by atoms with van der Waals surface area (Å²) in [5.74, 6) is 0.340. The highest BCUT2D eigenvalue weighted by atomic mass is 35.5. The van der Waals surface area contributed by atoms with Gasteiger partial charge in [0.1, 0.15) is 0 Å². The molecule has 0 spiro atoms. The lowest BCUT2D eigenvalue weighted by Crippen LogP contribution is -2.31. The summed E-state index contributed by atoms with van der Waals surface area (Å²) in [6.45, 7) is 1.83. The molecule has 0 saturated carbocycles. The van der Waals surface area contributed by atoms with Gasteiger partial charge in [0.15, 0.2) is 0 Å². The van der Waals surface area contributed by atoms with Crippen molar-refractivity contribution in [3.05, 3.63) is 76.3 Å². The van der Waals surface area contributed by atoms with Crippen LogP contribution >= 0.6 is 23.2 Å². The van der Waals surface area contributed by atoms with E-state index in [9.17, 15) is 5.11 Å². The third kappa shape index (κ3) is 4.09. The fourth-order valence-corrected chi connectivity index (χ4v) is 4.79. The van der Waals surface area contributed by atoms with Crippen LogP contribution in [0.15, 0.2) is 65.7 Å². The first-order valence-electron chi connectivity index (χ1n) is 10.5. The quantitative estimate of drug-likeness (QED) is 0.341. The summed E-state index contributed by atoms with van der Waals surface area (Å²) >= 11 is 12.5. The average molecular weight is 452 g/mol. The topological polar surface area (TPSA) is 49.5 Å². The largest absolute Gasteiger partial charge is 0.390 e. The zero-order valence-corrected chi connectivity index (χ0v) is 18.4. The standard InChI is InChI=1S/C25H23Cl2N3O/c26-17-5-7-24-21(11-17)22-12-18(27)6-8-25(22)30(24)15-19(31)14-28-10-9-16-13-29-23-4-2-1-3-20(16)23/h1-8,11-13,16,19,28,31H,9-10,14-15H2/t16-,19-/m1/s1. The van der Waals surface area contributed by atoms with Crippen LogP contribution in [0, 0.1) is 0 Å². The zero-order valence-electron chi connectivity index (χ0n) is 16.9. The van der Waals surface area contributed by atoms with Crippen molar-refractivity contribution < 1.29 is 5.11 Å². The second kappa shape index (κ2) is 8.64. The molecule has 2 heterocycles. The van der Waals surface area contributed by atoms with Gasteiger partial charge in [0.25, 0.3) is 0 Å². The predicted molar refractivity (Wildman–Crippen MR) is 130 cm³/mol. The highest BCUT2D eigenvalue weighted by Crippen LogP contribution is 2.34. The minimum absolute atomic E-state index is 0.340. The van der Waals surface area contributed by atoms with Gasteiger partial charge < -0.3 is 15.0 Å². The molecule has 0 aliphatic carbocycles. The summed E-state index contributed by atoms with van der Waals surface area (Å²) in [7, 11) is 0. The molecule has 1 aromatic heterocycles. The van der Waals surface area contributed by atoms with Crippen molar-refractivity contribution >= 4 is 56.9 Å². The second-order valence-electron chi connectivity index (χ2n) is 8.02. The molecule has 31 heavy (non-hydrogen) atoms. The van der Waals surface area contributed by atoms with Gasteiger partial charge in [0.05, 0.1) is 18.3 Å². The van der Waals surface area contributed by atoms with E-state index in [-0.39, 0.29) is 0 Å². The molecule has 0 bridgehead atoms. The molecular formula is C25H23Cl2N3O. The van der Waals surface area contributed by atoms with Crippen LogP contribution in [0.3, 0.4) is 0 Å². The first-order valence-corrected chi connectivity index (χ1v) is 11.2. The Labute approximate surface area is 191 Å². The number of aromatic nitrogens is 1. The van der Waals surface area contributed by atoms with Crippen molar-refractivity contribution in [2.45, 2.75) is 25.0 Å². The summed E-state index contributed by atoms with van der Waals surface area (Å²) in [4.78, 5) is 4.49. The van der Waals surface area contributed by atoms with E-state index in [1.807, 2.05) is 48.7 Å². The number of hydrogen-bond donors (Lipinski definition) is 2. The molecule has 0 unspecified atom stereocenters. The van der Waals surface area contributed by atoms with Crippen LogP contribution in [0.4, 0.5) is 5.69 Å². The fraction of sp³-hybridized carbons (Fsp3) is 0.240. The Balaban J connectivity index is 1.25. The molecule has 1 aliphatic heterocycles. The molecule has 0 fully saturated rings. The summed E-state index contributed by atoms with van der Waals surface area (Å²) in [5.41, 5.74) is 4.44. The number of aliphatic hydroxyl groups excluding tert-OH is 1. The maximum atomic E-state index is 10.7. The van der Waals surface area contributed by atoms with Gasteiger partial charge in [-0.15, -0.1) is 0 Å². The van der Waals surface area contributed by atoms with E-state index in [2.05, 4.69) is 33.1 Å². The molecule has 0 radical (unpaired) electrons. The monoisotopic (exact) mass is 451 g/mol. The fourth-order valence-electron chi connectivity index (χ4n) is 4.45. The molecule has 5 rings (SSSR count). The van der Waals surface area contributed by atoms with E-state index < -0.39 is 6.10 Å². The van der Waals surface area contributed by atoms with Gasteiger partial charge in [0, 0.05) is 50.5 Å². The van der Waals surface area contributed by atoms with Gasteiger partial charge in [-0.05, 0) is 61.0 Å². The molecular weight excluding hydrogens is 429 g/mol. The molecule has 4 nitrogen and oxygen atoms in total. The number of aliphatic imine (C=N–C) groups is 1. The van der Waals surface area contributed by atoms with Gasteiger partial charge in [-0.25, -0.2) is 0 Å². The first kappa shape index (κ1) is 20.5. The SMILES string of the molecule is O[C@H](CNCC[C@@H]1C=Nc2ccccc21)Cn1c2ccc(Cl)cc2c2cc(Cl)ccc21. The molecule has 2 N–H and O–H groups in total. The molecule has 1 aliphatic rings. The number of fused-ring (bicyclic) bond motifs is 4. The van der Waals surface area contributed by atoms with Gasteiger partial charge in [-0.1, -0.05) is 41.4 Å². The molecule has 4 aromatic rings. The predicted octanol–water partition coefficient (Wildman–Crippen LogP) is 5.94. The van der Waals surface area contributed by atoms with Crippen molar-refractivity contribution in [2.75, 3.05) is 13.1 Å². The Bertz CT molecular complexity index is 1220. The van der Waals surface area contributed by atoms with Crippen molar-refractivity contribution in [2.24, 2.45) is 4.99 Å². The van der Waals surface area contributed by atoms with E-state index >= 15 is 0 Å². The minimum atomic E-state index is -0.519. The Morgan fingerprint density at radius 2 is 1.65 bits per heavy atom. The zero-order chi connectivity index (χ0) is 21.4. The highest BCUT2D eigenvalue weighted by Gasteiger charge is 2.18. The third-order valence-electron chi connectivity index (χ3n) is 5.92. The van der Waals surface area contributed by atoms with Crippen molar-refractivity contribution in [3.8, 4) is 0 Å². The van der Waals surface area contributed by atoms with Crippen LogP contribution in [0.2, 0.25) is 10.0 Å². The smallest absolute Gasteiger partial charge is 0.0843 e. The van der Waals surface area contributed by atoms with Crippen LogP contribution in [0.1, 0.15) is 17.9 Å². The van der Waals surface area contributed by atoms with Crippen LogP contribution in [0.5, 0.6) is 0 Å². The molecule has 0 amide bonds. The van der Waals surface area contributed by atoms with Crippen LogP contribution in [0.25, 0.3) is 21.8 Å². The maximum Gasteiger partial charge on any atom is 0.0843 e. The highest BCUT2D eigenvalue weighted by molar-refractivity contribution is 6.33.